The van der Waals surface area contributed by atoms with E-state index in [0.717, 1.165) is 32.9 Å². The first-order chi connectivity index (χ1) is 14.5. The fourth-order valence-electron chi connectivity index (χ4n) is 3.65. The van der Waals surface area contributed by atoms with Crippen molar-refractivity contribution in [3.8, 4) is 22.3 Å². The molecule has 0 fully saturated rings. The molecule has 0 aliphatic carbocycles. The normalized spacial score (nSPS) is 11.3. The Morgan fingerprint density at radius 1 is 1.00 bits per heavy atom. The molecule has 0 atom stereocenters. The van der Waals surface area contributed by atoms with Crippen LogP contribution in [0.5, 0.6) is 0 Å². The molecule has 4 nitrogen and oxygen atoms in total. The Hall–Kier alpha value is -3.05. The van der Waals surface area contributed by atoms with Crippen molar-refractivity contribution in [1.29, 1.82) is 0 Å². The SMILES string of the molecule is CC(=O)CCn1c(C(C)C)nc2scc(-c3ccc(-c4ccccc4)cc3)c2c1=O. The van der Waals surface area contributed by atoms with E-state index in [1.807, 2.05) is 37.4 Å². The highest BCUT2D eigenvalue weighted by atomic mass is 32.1. The molecule has 5 heteroatoms. The first-order valence-corrected chi connectivity index (χ1v) is 11.0. The van der Waals surface area contributed by atoms with E-state index in [1.165, 1.54) is 11.3 Å². The van der Waals surface area contributed by atoms with Crippen LogP contribution in [0.2, 0.25) is 0 Å². The van der Waals surface area contributed by atoms with Crippen molar-refractivity contribution in [2.24, 2.45) is 0 Å². The van der Waals surface area contributed by atoms with Crippen LogP contribution in [0, 0.1) is 0 Å². The zero-order chi connectivity index (χ0) is 21.3. The van der Waals surface area contributed by atoms with Gasteiger partial charge in [-0.25, -0.2) is 4.98 Å². The van der Waals surface area contributed by atoms with Gasteiger partial charge in [0.15, 0.2) is 0 Å². The van der Waals surface area contributed by atoms with Crippen LogP contribution in [0.25, 0.3) is 32.5 Å². The van der Waals surface area contributed by atoms with Crippen LogP contribution in [-0.2, 0) is 11.3 Å². The summed E-state index contributed by atoms with van der Waals surface area (Å²) in [5.74, 6) is 0.907. The zero-order valence-corrected chi connectivity index (χ0v) is 18.2. The van der Waals surface area contributed by atoms with Gasteiger partial charge in [0.1, 0.15) is 16.4 Å². The summed E-state index contributed by atoms with van der Waals surface area (Å²) in [7, 11) is 0. The summed E-state index contributed by atoms with van der Waals surface area (Å²) in [5.41, 5.74) is 4.13. The van der Waals surface area contributed by atoms with Crippen LogP contribution in [0.1, 0.15) is 38.9 Å². The van der Waals surface area contributed by atoms with Crippen LogP contribution in [0.3, 0.4) is 0 Å². The van der Waals surface area contributed by atoms with Gasteiger partial charge in [-0.1, -0.05) is 68.4 Å². The summed E-state index contributed by atoms with van der Waals surface area (Å²) in [5, 5.41) is 2.65. The van der Waals surface area contributed by atoms with Crippen molar-refractivity contribution >= 4 is 27.3 Å². The Bertz CT molecular complexity index is 1250. The number of carbonyl (C=O) groups is 1. The summed E-state index contributed by atoms with van der Waals surface area (Å²) in [4.78, 5) is 30.5. The molecular formula is C25H24N2O2S. The van der Waals surface area contributed by atoms with Gasteiger partial charge in [-0.2, -0.15) is 0 Å². The topological polar surface area (TPSA) is 52.0 Å². The predicted molar refractivity (Wildman–Crippen MR) is 124 cm³/mol. The molecule has 0 saturated heterocycles. The summed E-state index contributed by atoms with van der Waals surface area (Å²) in [6, 6.07) is 18.5. The molecule has 0 amide bonds. The maximum atomic E-state index is 13.4. The Labute approximate surface area is 179 Å². The molecule has 152 valence electrons. The highest BCUT2D eigenvalue weighted by molar-refractivity contribution is 7.17. The van der Waals surface area contributed by atoms with E-state index in [2.05, 4.69) is 36.4 Å². The first-order valence-electron chi connectivity index (χ1n) is 10.1. The van der Waals surface area contributed by atoms with Crippen LogP contribution in [-0.4, -0.2) is 15.3 Å². The van der Waals surface area contributed by atoms with Crippen molar-refractivity contribution in [1.82, 2.24) is 9.55 Å². The van der Waals surface area contributed by atoms with Gasteiger partial charge < -0.3 is 0 Å². The third-order valence-electron chi connectivity index (χ3n) is 5.23. The number of rotatable bonds is 6. The second kappa shape index (κ2) is 8.36. The van der Waals surface area contributed by atoms with Gasteiger partial charge in [-0.3, -0.25) is 14.2 Å². The molecular weight excluding hydrogens is 392 g/mol. The second-order valence-corrected chi connectivity index (χ2v) is 8.66. The monoisotopic (exact) mass is 416 g/mol. The third-order valence-corrected chi connectivity index (χ3v) is 6.10. The van der Waals surface area contributed by atoms with Gasteiger partial charge in [-0.15, -0.1) is 11.3 Å². The Morgan fingerprint density at radius 2 is 1.63 bits per heavy atom. The molecule has 0 aliphatic heterocycles. The lowest BCUT2D eigenvalue weighted by Gasteiger charge is -2.14. The summed E-state index contributed by atoms with van der Waals surface area (Å²) in [6.45, 7) is 5.96. The van der Waals surface area contributed by atoms with Gasteiger partial charge >= 0.3 is 0 Å². The Morgan fingerprint density at radius 3 is 2.27 bits per heavy atom. The van der Waals surface area contributed by atoms with E-state index < -0.39 is 0 Å². The molecule has 0 saturated carbocycles. The van der Waals surface area contributed by atoms with E-state index in [4.69, 9.17) is 4.98 Å². The molecule has 4 rings (SSSR count). The van der Waals surface area contributed by atoms with Crippen LogP contribution >= 0.6 is 11.3 Å². The molecule has 4 aromatic rings. The average Bonchev–Trinajstić information content (AvgIpc) is 3.18. The molecule has 2 aromatic carbocycles. The highest BCUT2D eigenvalue weighted by Gasteiger charge is 2.19. The minimum absolute atomic E-state index is 0.0617. The van der Waals surface area contributed by atoms with Crippen LogP contribution < -0.4 is 5.56 Å². The van der Waals surface area contributed by atoms with Crippen molar-refractivity contribution < 1.29 is 4.79 Å². The van der Waals surface area contributed by atoms with Gasteiger partial charge in [0.05, 0.1) is 5.39 Å². The second-order valence-electron chi connectivity index (χ2n) is 7.81. The molecule has 0 bridgehead atoms. The number of aromatic nitrogens is 2. The average molecular weight is 417 g/mol. The third kappa shape index (κ3) is 3.85. The van der Waals surface area contributed by atoms with Gasteiger partial charge in [0.25, 0.3) is 5.56 Å². The highest BCUT2D eigenvalue weighted by Crippen LogP contribution is 2.33. The van der Waals surface area contributed by atoms with E-state index in [9.17, 15) is 9.59 Å². The minimum atomic E-state index is -0.0617. The number of hydrogen-bond donors (Lipinski definition) is 0. The molecule has 0 N–H and O–H groups in total. The van der Waals surface area contributed by atoms with Crippen LogP contribution in [0.4, 0.5) is 0 Å². The Balaban J connectivity index is 1.81. The summed E-state index contributed by atoms with van der Waals surface area (Å²) in [6.07, 6.45) is 0.331. The van der Waals surface area contributed by atoms with E-state index in [1.54, 1.807) is 11.5 Å². The number of thiophene rings is 1. The lowest BCUT2D eigenvalue weighted by Crippen LogP contribution is -2.26. The van der Waals surface area contributed by atoms with E-state index in [0.29, 0.717) is 18.4 Å². The number of carbonyl (C=O) groups excluding carboxylic acids is 1. The standard InChI is InChI=1S/C25H24N2O2S/c1-16(2)23-26-24-22(25(29)27(23)14-13-17(3)28)21(15-30-24)20-11-9-19(10-12-20)18-7-5-4-6-8-18/h4-12,15-16H,13-14H2,1-3H3. The molecule has 0 radical (unpaired) electrons. The van der Waals surface area contributed by atoms with Gasteiger partial charge in [0, 0.05) is 29.8 Å². The number of Topliss-reactive ketones (excluding diaryl/α,β-unsaturated/α-hetero) is 1. The van der Waals surface area contributed by atoms with Crippen molar-refractivity contribution in [3.63, 3.8) is 0 Å². The molecule has 2 aromatic heterocycles. The largest absolute Gasteiger partial charge is 0.300 e. The lowest BCUT2D eigenvalue weighted by molar-refractivity contribution is -0.117. The van der Waals surface area contributed by atoms with Crippen molar-refractivity contribution in [3.05, 3.63) is 76.2 Å². The zero-order valence-electron chi connectivity index (χ0n) is 17.4. The summed E-state index contributed by atoms with van der Waals surface area (Å²) < 4.78 is 1.68. The number of hydrogen-bond acceptors (Lipinski definition) is 4. The number of fused-ring (bicyclic) bond motifs is 1. The Kier molecular flexibility index (Phi) is 5.64. The van der Waals surface area contributed by atoms with Gasteiger partial charge in [0.2, 0.25) is 0 Å². The smallest absolute Gasteiger partial charge is 0.262 e. The fraction of sp³-hybridized carbons (Fsp3) is 0.240. The fourth-order valence-corrected chi connectivity index (χ4v) is 4.60. The minimum Gasteiger partial charge on any atom is -0.300 e. The van der Waals surface area contributed by atoms with E-state index in [-0.39, 0.29) is 17.3 Å². The number of ketones is 1. The number of nitrogens with zero attached hydrogens (tertiary/aromatic N) is 2. The maximum absolute atomic E-state index is 13.4. The maximum Gasteiger partial charge on any atom is 0.262 e. The van der Waals surface area contributed by atoms with Gasteiger partial charge in [-0.05, 0) is 23.6 Å². The molecule has 0 aliphatic rings. The van der Waals surface area contributed by atoms with Crippen molar-refractivity contribution in [2.45, 2.75) is 39.7 Å². The van der Waals surface area contributed by atoms with E-state index >= 15 is 0 Å². The lowest BCUT2D eigenvalue weighted by atomic mass is 10.0. The van der Waals surface area contributed by atoms with Crippen LogP contribution in [0.15, 0.2) is 64.8 Å². The molecule has 0 unspecified atom stereocenters. The summed E-state index contributed by atoms with van der Waals surface area (Å²) >= 11 is 1.50. The number of benzene rings is 2. The quantitative estimate of drug-likeness (QED) is 0.393. The van der Waals surface area contributed by atoms with Crippen molar-refractivity contribution in [2.75, 3.05) is 0 Å². The predicted octanol–water partition coefficient (Wildman–Crippen LogP) is 5.89. The molecule has 2 heterocycles. The molecule has 30 heavy (non-hydrogen) atoms. The first kappa shape index (κ1) is 20.2. The molecule has 0 spiro atoms.